The molecule has 7 heteroatoms. The van der Waals surface area contributed by atoms with Crippen molar-refractivity contribution in [1.29, 1.82) is 0 Å². The van der Waals surface area contributed by atoms with Crippen LogP contribution in [0.5, 0.6) is 0 Å². The monoisotopic (exact) mass is 251 g/mol. The van der Waals surface area contributed by atoms with E-state index in [1.54, 1.807) is 6.20 Å². The Hall–Kier alpha value is -1.89. The first-order chi connectivity index (χ1) is 8.52. The van der Waals surface area contributed by atoms with E-state index in [-0.39, 0.29) is 11.4 Å². The van der Waals surface area contributed by atoms with Crippen molar-refractivity contribution in [2.45, 2.75) is 19.4 Å². The summed E-state index contributed by atoms with van der Waals surface area (Å²) in [6.45, 7) is 6.27. The molecule has 0 spiro atoms. The Morgan fingerprint density at radius 1 is 1.50 bits per heavy atom. The van der Waals surface area contributed by atoms with E-state index >= 15 is 0 Å². The third kappa shape index (κ3) is 2.67. The molecule has 1 fully saturated rings. The highest BCUT2D eigenvalue weighted by Crippen LogP contribution is 2.20. The zero-order valence-corrected chi connectivity index (χ0v) is 10.5. The summed E-state index contributed by atoms with van der Waals surface area (Å²) in [7, 11) is 0. The van der Waals surface area contributed by atoms with Crippen molar-refractivity contribution in [3.63, 3.8) is 0 Å². The lowest BCUT2D eigenvalue weighted by atomic mass is 10.1. The van der Waals surface area contributed by atoms with Gasteiger partial charge >= 0.3 is 0 Å². The van der Waals surface area contributed by atoms with Crippen LogP contribution in [0.3, 0.4) is 0 Å². The van der Waals surface area contributed by atoms with Gasteiger partial charge in [0, 0.05) is 13.1 Å². The van der Waals surface area contributed by atoms with E-state index in [1.807, 2.05) is 13.8 Å². The average molecular weight is 251 g/mol. The predicted octanol–water partition coefficient (Wildman–Crippen LogP) is 0.186. The fourth-order valence-corrected chi connectivity index (χ4v) is 1.88. The number of hydrogen-bond donors (Lipinski definition) is 2. The summed E-state index contributed by atoms with van der Waals surface area (Å²) >= 11 is 0. The molecular formula is C11H17N5O2. The number of hydrogen-bond acceptors (Lipinski definition) is 6. The minimum Gasteiger partial charge on any atom is -0.409 e. The van der Waals surface area contributed by atoms with E-state index in [0.29, 0.717) is 12.3 Å². The second kappa shape index (κ2) is 4.77. The molecule has 1 saturated heterocycles. The van der Waals surface area contributed by atoms with Gasteiger partial charge in [-0.05, 0) is 13.8 Å². The summed E-state index contributed by atoms with van der Waals surface area (Å²) in [5.41, 5.74) is 5.59. The Bertz CT molecular complexity index is 443. The molecule has 7 nitrogen and oxygen atoms in total. The van der Waals surface area contributed by atoms with E-state index in [9.17, 15) is 0 Å². The molecule has 3 N–H and O–H groups in total. The Morgan fingerprint density at radius 3 is 2.83 bits per heavy atom. The van der Waals surface area contributed by atoms with Crippen molar-refractivity contribution in [2.75, 3.05) is 24.6 Å². The third-order valence-electron chi connectivity index (χ3n) is 2.76. The van der Waals surface area contributed by atoms with Crippen molar-refractivity contribution >= 4 is 11.7 Å². The SMILES string of the molecule is CC1(C)CN(c2cnc(C(N)=NO)cn2)CCO1. The molecular weight excluding hydrogens is 234 g/mol. The first kappa shape index (κ1) is 12.6. The third-order valence-corrected chi connectivity index (χ3v) is 2.76. The van der Waals surface area contributed by atoms with E-state index in [0.717, 1.165) is 18.9 Å². The summed E-state index contributed by atoms with van der Waals surface area (Å²) in [5, 5.41) is 11.4. The van der Waals surface area contributed by atoms with Gasteiger partial charge in [0.25, 0.3) is 0 Å². The summed E-state index contributed by atoms with van der Waals surface area (Å²) in [6, 6.07) is 0. The number of morpholine rings is 1. The average Bonchev–Trinajstić information content (AvgIpc) is 2.37. The lowest BCUT2D eigenvalue weighted by Gasteiger charge is -2.38. The highest BCUT2D eigenvalue weighted by Gasteiger charge is 2.27. The molecule has 0 radical (unpaired) electrons. The van der Waals surface area contributed by atoms with Gasteiger partial charge in [-0.2, -0.15) is 0 Å². The molecule has 98 valence electrons. The van der Waals surface area contributed by atoms with Crippen LogP contribution in [0.4, 0.5) is 5.82 Å². The first-order valence-electron chi connectivity index (χ1n) is 5.71. The number of nitrogens with zero attached hydrogens (tertiary/aromatic N) is 4. The number of oxime groups is 1. The molecule has 0 aromatic carbocycles. The molecule has 2 heterocycles. The van der Waals surface area contributed by atoms with Crippen LogP contribution in [0.1, 0.15) is 19.5 Å². The molecule has 0 amide bonds. The second-order valence-electron chi connectivity index (χ2n) is 4.77. The van der Waals surface area contributed by atoms with Gasteiger partial charge in [-0.1, -0.05) is 5.16 Å². The highest BCUT2D eigenvalue weighted by molar-refractivity contribution is 5.94. The first-order valence-corrected chi connectivity index (χ1v) is 5.71. The fourth-order valence-electron chi connectivity index (χ4n) is 1.88. The number of ether oxygens (including phenoxy) is 1. The van der Waals surface area contributed by atoms with E-state index in [4.69, 9.17) is 15.7 Å². The molecule has 0 atom stereocenters. The summed E-state index contributed by atoms with van der Waals surface area (Å²) in [6.07, 6.45) is 3.11. The van der Waals surface area contributed by atoms with Gasteiger partial charge < -0.3 is 20.6 Å². The van der Waals surface area contributed by atoms with Crippen LogP contribution in [0.25, 0.3) is 0 Å². The van der Waals surface area contributed by atoms with Crippen molar-refractivity contribution in [3.05, 3.63) is 18.1 Å². The maximum atomic E-state index is 8.54. The second-order valence-corrected chi connectivity index (χ2v) is 4.77. The maximum absolute atomic E-state index is 8.54. The number of anilines is 1. The molecule has 0 aliphatic carbocycles. The van der Waals surface area contributed by atoms with Crippen LogP contribution in [0.15, 0.2) is 17.5 Å². The lowest BCUT2D eigenvalue weighted by Crippen LogP contribution is -2.48. The minimum absolute atomic E-state index is 0.0450. The minimum atomic E-state index is -0.190. The van der Waals surface area contributed by atoms with E-state index in [1.165, 1.54) is 6.20 Å². The van der Waals surface area contributed by atoms with Gasteiger partial charge in [0.1, 0.15) is 11.5 Å². The van der Waals surface area contributed by atoms with Crippen molar-refractivity contribution in [3.8, 4) is 0 Å². The zero-order valence-electron chi connectivity index (χ0n) is 10.5. The Kier molecular flexibility index (Phi) is 3.33. The van der Waals surface area contributed by atoms with Gasteiger partial charge in [0.05, 0.1) is 24.6 Å². The standard InChI is InChI=1S/C11H17N5O2/c1-11(2)7-16(3-4-18-11)9-6-13-8(5-14-9)10(12)15-17/h5-6,17H,3-4,7H2,1-2H3,(H2,12,15). The van der Waals surface area contributed by atoms with Gasteiger partial charge in [-0.3, -0.25) is 0 Å². The normalized spacial score (nSPS) is 19.9. The van der Waals surface area contributed by atoms with Crippen LogP contribution in [-0.4, -0.2) is 46.3 Å². The molecule has 0 bridgehead atoms. The molecule has 1 aliphatic heterocycles. The molecule has 0 unspecified atom stereocenters. The highest BCUT2D eigenvalue weighted by atomic mass is 16.5. The van der Waals surface area contributed by atoms with Crippen LogP contribution < -0.4 is 10.6 Å². The van der Waals surface area contributed by atoms with Gasteiger partial charge in [-0.25, -0.2) is 9.97 Å². The number of nitrogens with two attached hydrogens (primary N) is 1. The van der Waals surface area contributed by atoms with E-state index < -0.39 is 0 Å². The van der Waals surface area contributed by atoms with E-state index in [2.05, 4.69) is 20.0 Å². The number of amidine groups is 1. The Balaban J connectivity index is 2.14. The Labute approximate surface area is 105 Å². The summed E-state index contributed by atoms with van der Waals surface area (Å²) in [4.78, 5) is 10.5. The quantitative estimate of drug-likeness (QED) is 0.337. The van der Waals surface area contributed by atoms with Crippen molar-refractivity contribution < 1.29 is 9.94 Å². The van der Waals surface area contributed by atoms with Crippen molar-refractivity contribution in [2.24, 2.45) is 10.9 Å². The summed E-state index contributed by atoms with van der Waals surface area (Å²) in [5.74, 6) is 0.720. The van der Waals surface area contributed by atoms with Crippen LogP contribution in [-0.2, 0) is 4.74 Å². The smallest absolute Gasteiger partial charge is 0.190 e. The number of rotatable bonds is 2. The predicted molar refractivity (Wildman–Crippen MR) is 66.8 cm³/mol. The van der Waals surface area contributed by atoms with Gasteiger partial charge in [0.2, 0.25) is 0 Å². The molecule has 0 saturated carbocycles. The van der Waals surface area contributed by atoms with Crippen LogP contribution in [0.2, 0.25) is 0 Å². The molecule has 1 aliphatic rings. The van der Waals surface area contributed by atoms with Crippen LogP contribution >= 0.6 is 0 Å². The maximum Gasteiger partial charge on any atom is 0.190 e. The number of aromatic nitrogens is 2. The Morgan fingerprint density at radius 2 is 2.28 bits per heavy atom. The molecule has 1 aromatic rings. The molecule has 2 rings (SSSR count). The lowest BCUT2D eigenvalue weighted by molar-refractivity contribution is -0.0279. The molecule has 18 heavy (non-hydrogen) atoms. The van der Waals surface area contributed by atoms with Crippen LogP contribution in [0, 0.1) is 0 Å². The van der Waals surface area contributed by atoms with Gasteiger partial charge in [0.15, 0.2) is 5.84 Å². The molecule has 1 aromatic heterocycles. The largest absolute Gasteiger partial charge is 0.409 e. The zero-order chi connectivity index (χ0) is 13.2. The van der Waals surface area contributed by atoms with Gasteiger partial charge in [-0.15, -0.1) is 0 Å². The fraction of sp³-hybridized carbons (Fsp3) is 0.545. The summed E-state index contributed by atoms with van der Waals surface area (Å²) < 4.78 is 5.63. The van der Waals surface area contributed by atoms with Crippen molar-refractivity contribution in [1.82, 2.24) is 9.97 Å². The topological polar surface area (TPSA) is 96.9 Å².